The number of hydrogen-bond acceptors (Lipinski definition) is 20. The second kappa shape index (κ2) is 78.5. The van der Waals surface area contributed by atoms with E-state index in [9.17, 15) is 20.4 Å². The van der Waals surface area contributed by atoms with E-state index in [4.69, 9.17) is 81.7 Å². The zero-order chi connectivity index (χ0) is 50.1. The van der Waals surface area contributed by atoms with Crippen molar-refractivity contribution < 1.29 is 269 Å². The molecule has 0 spiro atoms. The summed E-state index contributed by atoms with van der Waals surface area (Å²) in [5.74, 6) is -3.58. The molecule has 3 atom stereocenters. The van der Waals surface area contributed by atoms with E-state index < -0.39 is 67.9 Å². The molecule has 3 saturated heterocycles. The van der Waals surface area contributed by atoms with E-state index >= 15 is 0 Å². The molecule has 0 aromatic carbocycles. The van der Waals surface area contributed by atoms with E-state index in [0.29, 0.717) is 12.2 Å². The first-order chi connectivity index (χ1) is 28.3. The quantitative estimate of drug-likeness (QED) is 0.0937. The maximum absolute atomic E-state index is 10.1. The Morgan fingerprint density at radius 1 is 0.389 bits per heavy atom. The van der Waals surface area contributed by atoms with Gasteiger partial charge in [-0.3, -0.25) is 0 Å². The molecule has 26 nitrogen and oxygen atoms in total. The summed E-state index contributed by atoms with van der Waals surface area (Å²) in [5.41, 5.74) is 0.334. The summed E-state index contributed by atoms with van der Waals surface area (Å²) in [6.07, 6.45) is 4.58. The third kappa shape index (κ3) is 109. The Morgan fingerprint density at radius 3 is 0.764 bits per heavy atom. The number of aliphatic hydroxyl groups excluding tert-OH is 8. The number of hydrogen-bond donors (Lipinski definition) is 20. The second-order valence-corrected chi connectivity index (χ2v) is 13.6. The maximum Gasteiger partial charge on any atom is 0.152 e. The summed E-state index contributed by atoms with van der Waals surface area (Å²) < 4.78 is 0. The molecule has 24 N–H and O–H groups in total. The Hall–Kier alpha value is 3.27. The van der Waals surface area contributed by atoms with Gasteiger partial charge >= 0.3 is 0 Å². The minimum Gasteiger partial charge on any atom is -0.680 e. The van der Waals surface area contributed by atoms with Gasteiger partial charge in [-0.2, -0.15) is 0 Å². The largest absolute Gasteiger partial charge is 0.680 e. The van der Waals surface area contributed by atoms with Crippen LogP contribution in [-0.4, -0.2) is 219 Å². The molecule has 0 saturated carbocycles. The van der Waals surface area contributed by atoms with Crippen LogP contribution in [0, 0.1) is 0 Å². The van der Waals surface area contributed by atoms with Gasteiger partial charge < -0.3 is 134 Å². The van der Waals surface area contributed by atoms with Crippen LogP contribution in [0.5, 0.6) is 0 Å². The van der Waals surface area contributed by atoms with Crippen molar-refractivity contribution in [3.05, 3.63) is 45.2 Å². The van der Waals surface area contributed by atoms with E-state index in [2.05, 4.69) is 21.3 Å². The van der Waals surface area contributed by atoms with Crippen LogP contribution in [0.25, 0.3) is 21.3 Å². The van der Waals surface area contributed by atoms with Crippen LogP contribution in [0.2, 0.25) is 0 Å². The van der Waals surface area contributed by atoms with Crippen LogP contribution in [0.3, 0.4) is 0 Å². The van der Waals surface area contributed by atoms with E-state index in [1.807, 2.05) is 6.08 Å². The molecule has 0 radical (unpaired) electrons. The van der Waals surface area contributed by atoms with Crippen molar-refractivity contribution in [1.82, 2.24) is 0 Å². The fourth-order valence-corrected chi connectivity index (χ4v) is 4.44. The number of aliphatic hydroxyl groups is 20. The van der Waals surface area contributed by atoms with E-state index in [1.54, 1.807) is 12.2 Å². The van der Waals surface area contributed by atoms with Crippen LogP contribution in [-0.2, 0) is 156 Å². The van der Waals surface area contributed by atoms with Gasteiger partial charge in [-0.25, -0.2) is 0 Å². The van der Waals surface area contributed by atoms with Gasteiger partial charge in [0, 0.05) is 156 Å². The normalized spacial score (nSPS) is 16.7. The van der Waals surface area contributed by atoms with Crippen molar-refractivity contribution in [2.45, 2.75) is 193 Å². The monoisotopic (exact) mass is 1460 g/mol. The van der Waals surface area contributed by atoms with Crippen molar-refractivity contribution in [3.8, 4) is 0 Å². The van der Waals surface area contributed by atoms with Gasteiger partial charge in [0.05, 0.1) is 0 Å². The molecule has 3 unspecified atom stereocenters. The van der Waals surface area contributed by atoms with E-state index in [1.165, 1.54) is 55.4 Å². The van der Waals surface area contributed by atoms with Crippen LogP contribution >= 0.6 is 0 Å². The van der Waals surface area contributed by atoms with Gasteiger partial charge in [-0.05, 0) is 55.4 Å². The van der Waals surface area contributed by atoms with Gasteiger partial charge in [0.25, 0.3) is 0 Å². The van der Waals surface area contributed by atoms with Gasteiger partial charge in [0.15, 0.2) is 5.79 Å². The third-order valence-corrected chi connectivity index (χ3v) is 6.29. The Kier molecular flexibility index (Phi) is 129. The Labute approximate surface area is 528 Å². The van der Waals surface area contributed by atoms with Gasteiger partial charge in [0.1, 0.15) is 56.1 Å². The Balaban J connectivity index is -0.0000000366. The van der Waals surface area contributed by atoms with Gasteiger partial charge in [0.2, 0.25) is 0 Å². The second-order valence-electron chi connectivity index (χ2n) is 13.6. The van der Waals surface area contributed by atoms with E-state index in [0.717, 1.165) is 77.4 Å². The van der Waals surface area contributed by atoms with Crippen LogP contribution < -0.4 is 0 Å². The molecule has 4 aliphatic rings. The SMILES string of the molecule is CC(O)O.CC(O)O.CC(O)O.CC(O)O.CC(O)O.CC(O)O.CC(O)O.CC(O)O.O.O.OC(O)(C1=CC=CC[N-]1)C1CCCC[N-]1.OC(O)(C1CCCC[N-]1)C1CCCC[N-]1.[Zn].[Zn].[Zn].[Zn].[Zn].[Zn].[Zn].[Zn]. The average molecular weight is 1480 g/mol. The first kappa shape index (κ1) is 118. The van der Waals surface area contributed by atoms with Crippen molar-refractivity contribution in [2.24, 2.45) is 0 Å². The molecule has 4 heterocycles. The zero-order valence-electron chi connectivity index (χ0n) is 44.2. The predicted octanol–water partition coefficient (Wildman–Crippen LogP) is -4.19. The van der Waals surface area contributed by atoms with Gasteiger partial charge in [-0.15, -0.1) is 38.0 Å². The summed E-state index contributed by atoms with van der Waals surface area (Å²) in [6, 6.07) is -1.07. The molecular weight excluding hydrogens is 1390 g/mol. The number of rotatable bonds is 4. The van der Waals surface area contributed by atoms with Crippen molar-refractivity contribution in [1.29, 1.82) is 0 Å². The molecule has 72 heavy (non-hydrogen) atoms. The zero-order valence-corrected chi connectivity index (χ0v) is 67.9. The molecule has 0 aliphatic carbocycles. The number of nitrogens with zero attached hydrogens (tertiary/aromatic N) is 4. The Morgan fingerprint density at radius 2 is 0.597 bits per heavy atom. The molecule has 0 bridgehead atoms. The van der Waals surface area contributed by atoms with E-state index in [-0.39, 0.29) is 179 Å². The first-order valence-corrected chi connectivity index (χ1v) is 20.1. The van der Waals surface area contributed by atoms with Crippen molar-refractivity contribution >= 4 is 0 Å². The smallest absolute Gasteiger partial charge is 0.152 e. The molecule has 0 aromatic rings. The summed E-state index contributed by atoms with van der Waals surface area (Å²) in [6.45, 7) is 13.0. The third-order valence-electron chi connectivity index (χ3n) is 6.29. The standard InChI is InChI=1S/C11H20N2O2.C11H16N2O2.8C2H6O2.2H2O.8Zn/c2*14-11(15,9-5-1-3-7-12-9)10-6-2-4-8-13-10;8*1-2(3)4;;;;;;;;;;/h9-10,14-15H,1-8H2;1,3,5,10,14-15H,2,4,6-8H2;8*2-4H,1H3;2*1H2;;;;;;;;/q2*-2;;;;;;;;;;;;;;;;;;. The maximum atomic E-state index is 10.1. The molecule has 4 rings (SSSR count). The molecule has 0 aromatic heterocycles. The topological polar surface area (TPSA) is 524 Å². The average Bonchev–Trinajstić information content (AvgIpc) is 3.12. The van der Waals surface area contributed by atoms with Gasteiger partial charge in [-0.1, -0.05) is 88.1 Å². The summed E-state index contributed by atoms with van der Waals surface area (Å²) in [7, 11) is 0. The van der Waals surface area contributed by atoms with Crippen molar-refractivity contribution in [2.75, 3.05) is 26.2 Å². The minimum atomic E-state index is -1.88. The number of allylic oxidation sites excluding steroid dienone is 2. The summed E-state index contributed by atoms with van der Waals surface area (Å²) in [4.78, 5) is 0. The predicted molar refractivity (Wildman–Crippen MR) is 236 cm³/mol. The fourth-order valence-electron chi connectivity index (χ4n) is 4.44. The van der Waals surface area contributed by atoms with Crippen molar-refractivity contribution in [3.63, 3.8) is 0 Å². The molecular formula is C38H88N4O22Zn8-4. The summed E-state index contributed by atoms with van der Waals surface area (Å²) >= 11 is 0. The summed E-state index contributed by atoms with van der Waals surface area (Å²) in [5, 5.41) is 179. The molecule has 412 valence electrons. The molecule has 0 amide bonds. The van der Waals surface area contributed by atoms with Crippen LogP contribution in [0.1, 0.15) is 113 Å². The van der Waals surface area contributed by atoms with Crippen LogP contribution in [0.4, 0.5) is 0 Å². The number of piperidine rings is 3. The molecule has 3 fully saturated rings. The first-order valence-electron chi connectivity index (χ1n) is 20.1. The molecule has 4 aliphatic heterocycles. The fraction of sp³-hybridized carbons (Fsp3) is 0.895. The van der Waals surface area contributed by atoms with Crippen LogP contribution in [0.15, 0.2) is 23.9 Å². The Bertz CT molecular complexity index is 883. The molecule has 34 heteroatoms. The minimum absolute atomic E-state index is 0.